The number of hydrogen-bond acceptors (Lipinski definition) is 3. The normalized spacial score (nSPS) is 10.8. The SMILES string of the molecule is CCC(C)(C)CNC(=O)Nc1cccc(OCC(=O)O)c1. The van der Waals surface area contributed by atoms with Gasteiger partial charge in [-0.2, -0.15) is 0 Å². The Balaban J connectivity index is 2.52. The van der Waals surface area contributed by atoms with Crippen LogP contribution < -0.4 is 15.4 Å². The van der Waals surface area contributed by atoms with E-state index in [1.54, 1.807) is 24.3 Å². The first kappa shape index (κ1) is 16.8. The molecule has 0 heterocycles. The molecule has 0 saturated carbocycles. The van der Waals surface area contributed by atoms with Crippen LogP contribution in [0.25, 0.3) is 0 Å². The van der Waals surface area contributed by atoms with Crippen LogP contribution in [0.15, 0.2) is 24.3 Å². The van der Waals surface area contributed by atoms with Crippen molar-refractivity contribution < 1.29 is 19.4 Å². The number of hydrogen-bond donors (Lipinski definition) is 3. The van der Waals surface area contributed by atoms with E-state index >= 15 is 0 Å². The lowest BCUT2D eigenvalue weighted by atomic mass is 9.90. The van der Waals surface area contributed by atoms with Crippen LogP contribution in [0.4, 0.5) is 10.5 Å². The molecule has 0 unspecified atom stereocenters. The molecule has 21 heavy (non-hydrogen) atoms. The van der Waals surface area contributed by atoms with Gasteiger partial charge < -0.3 is 20.5 Å². The minimum atomic E-state index is -1.05. The Labute approximate surface area is 124 Å². The van der Waals surface area contributed by atoms with E-state index < -0.39 is 12.6 Å². The average molecular weight is 294 g/mol. The molecule has 2 amide bonds. The third-order valence-electron chi connectivity index (χ3n) is 3.14. The zero-order chi connectivity index (χ0) is 15.9. The smallest absolute Gasteiger partial charge is 0.341 e. The Morgan fingerprint density at radius 3 is 2.67 bits per heavy atom. The van der Waals surface area contributed by atoms with Gasteiger partial charge in [-0.3, -0.25) is 0 Å². The first-order chi connectivity index (χ1) is 9.82. The van der Waals surface area contributed by atoms with Crippen LogP contribution in [-0.2, 0) is 4.79 Å². The maximum atomic E-state index is 11.8. The number of aliphatic carboxylic acids is 1. The van der Waals surface area contributed by atoms with E-state index in [1.165, 1.54) is 0 Å². The van der Waals surface area contributed by atoms with Gasteiger partial charge >= 0.3 is 12.0 Å². The van der Waals surface area contributed by atoms with E-state index in [2.05, 4.69) is 31.4 Å². The molecule has 0 spiro atoms. The molecule has 0 fully saturated rings. The fraction of sp³-hybridized carbons (Fsp3) is 0.467. The van der Waals surface area contributed by atoms with E-state index in [9.17, 15) is 9.59 Å². The van der Waals surface area contributed by atoms with E-state index in [0.717, 1.165) is 6.42 Å². The van der Waals surface area contributed by atoms with Gasteiger partial charge in [0.1, 0.15) is 5.75 Å². The molecule has 0 bridgehead atoms. The summed E-state index contributed by atoms with van der Waals surface area (Å²) in [7, 11) is 0. The molecule has 6 nitrogen and oxygen atoms in total. The van der Waals surface area contributed by atoms with Gasteiger partial charge in [-0.1, -0.05) is 26.8 Å². The number of benzene rings is 1. The standard InChI is InChI=1S/C15H22N2O4/c1-4-15(2,3)10-16-14(20)17-11-6-5-7-12(8-11)21-9-13(18)19/h5-8H,4,9-10H2,1-3H3,(H,18,19)(H2,16,17,20). The van der Waals surface area contributed by atoms with Crippen LogP contribution in [0.5, 0.6) is 5.75 Å². The van der Waals surface area contributed by atoms with Crippen LogP contribution >= 0.6 is 0 Å². The van der Waals surface area contributed by atoms with Crippen LogP contribution in [0.3, 0.4) is 0 Å². The van der Waals surface area contributed by atoms with Crippen molar-refractivity contribution in [3.8, 4) is 5.75 Å². The minimum Gasteiger partial charge on any atom is -0.482 e. The number of urea groups is 1. The topological polar surface area (TPSA) is 87.7 Å². The summed E-state index contributed by atoms with van der Waals surface area (Å²) in [5, 5.41) is 14.1. The molecule has 0 aliphatic heterocycles. The second kappa shape index (κ2) is 7.52. The third-order valence-corrected chi connectivity index (χ3v) is 3.14. The number of ether oxygens (including phenoxy) is 1. The van der Waals surface area contributed by atoms with Crippen LogP contribution in [0, 0.1) is 5.41 Å². The lowest BCUT2D eigenvalue weighted by Gasteiger charge is -2.22. The number of nitrogens with one attached hydrogen (secondary N) is 2. The van der Waals surface area contributed by atoms with Crippen molar-refractivity contribution in [1.29, 1.82) is 0 Å². The fourth-order valence-electron chi connectivity index (χ4n) is 1.43. The summed E-state index contributed by atoms with van der Waals surface area (Å²) in [6.07, 6.45) is 0.964. The summed E-state index contributed by atoms with van der Waals surface area (Å²) in [5.74, 6) is -0.656. The van der Waals surface area contributed by atoms with Gasteiger partial charge in [-0.05, 0) is 24.0 Å². The van der Waals surface area contributed by atoms with Crippen molar-refractivity contribution in [2.24, 2.45) is 5.41 Å². The number of carboxylic acids is 1. The number of amides is 2. The van der Waals surface area contributed by atoms with Gasteiger partial charge in [-0.15, -0.1) is 0 Å². The highest BCUT2D eigenvalue weighted by atomic mass is 16.5. The summed E-state index contributed by atoms with van der Waals surface area (Å²) in [6.45, 7) is 6.38. The maximum Gasteiger partial charge on any atom is 0.341 e. The zero-order valence-corrected chi connectivity index (χ0v) is 12.6. The number of carbonyl (C=O) groups excluding carboxylic acids is 1. The van der Waals surface area contributed by atoms with E-state index in [1.807, 2.05) is 0 Å². The van der Waals surface area contributed by atoms with Crippen molar-refractivity contribution in [1.82, 2.24) is 5.32 Å². The molecular formula is C15H22N2O4. The van der Waals surface area contributed by atoms with E-state index in [-0.39, 0.29) is 11.4 Å². The molecule has 3 N–H and O–H groups in total. The Morgan fingerprint density at radius 1 is 1.33 bits per heavy atom. The van der Waals surface area contributed by atoms with Crippen molar-refractivity contribution in [3.05, 3.63) is 24.3 Å². The zero-order valence-electron chi connectivity index (χ0n) is 12.6. The van der Waals surface area contributed by atoms with Gasteiger partial charge in [0.05, 0.1) is 0 Å². The predicted octanol–water partition coefficient (Wildman–Crippen LogP) is 2.71. The van der Waals surface area contributed by atoms with Crippen molar-refractivity contribution in [2.45, 2.75) is 27.2 Å². The van der Waals surface area contributed by atoms with E-state index in [0.29, 0.717) is 18.0 Å². The number of carbonyl (C=O) groups is 2. The highest BCUT2D eigenvalue weighted by molar-refractivity contribution is 5.89. The van der Waals surface area contributed by atoms with Crippen LogP contribution in [0.2, 0.25) is 0 Å². The third kappa shape index (κ3) is 6.65. The minimum absolute atomic E-state index is 0.0454. The number of carboxylic acid groups (broad SMARTS) is 1. The Bertz CT molecular complexity index is 500. The Kier molecular flexibility index (Phi) is 6.02. The first-order valence-electron chi connectivity index (χ1n) is 6.82. The highest BCUT2D eigenvalue weighted by Crippen LogP contribution is 2.19. The summed E-state index contributed by atoms with van der Waals surface area (Å²) in [6, 6.07) is 6.30. The van der Waals surface area contributed by atoms with Crippen molar-refractivity contribution >= 4 is 17.7 Å². The highest BCUT2D eigenvalue weighted by Gasteiger charge is 2.16. The molecule has 6 heteroatoms. The second-order valence-corrected chi connectivity index (χ2v) is 5.54. The quantitative estimate of drug-likeness (QED) is 0.721. The largest absolute Gasteiger partial charge is 0.482 e. The van der Waals surface area contributed by atoms with Gasteiger partial charge in [-0.25, -0.2) is 9.59 Å². The first-order valence-corrected chi connectivity index (χ1v) is 6.82. The van der Waals surface area contributed by atoms with Gasteiger partial charge in [0.15, 0.2) is 6.61 Å². The molecule has 116 valence electrons. The fourth-order valence-corrected chi connectivity index (χ4v) is 1.43. The lowest BCUT2D eigenvalue weighted by molar-refractivity contribution is -0.139. The summed E-state index contributed by atoms with van der Waals surface area (Å²) < 4.78 is 5.05. The Hall–Kier alpha value is -2.24. The Morgan fingerprint density at radius 2 is 2.05 bits per heavy atom. The lowest BCUT2D eigenvalue weighted by Crippen LogP contribution is -2.36. The molecular weight excluding hydrogens is 272 g/mol. The van der Waals surface area contributed by atoms with Crippen LogP contribution in [0.1, 0.15) is 27.2 Å². The van der Waals surface area contributed by atoms with Crippen molar-refractivity contribution in [3.63, 3.8) is 0 Å². The summed E-state index contributed by atoms with van der Waals surface area (Å²) in [5.41, 5.74) is 0.591. The molecule has 1 aromatic carbocycles. The molecule has 0 atom stereocenters. The van der Waals surface area contributed by atoms with Crippen LogP contribution in [-0.4, -0.2) is 30.3 Å². The van der Waals surface area contributed by atoms with Crippen molar-refractivity contribution in [2.75, 3.05) is 18.5 Å². The summed E-state index contributed by atoms with van der Waals surface area (Å²) in [4.78, 5) is 22.2. The molecule has 0 saturated heterocycles. The van der Waals surface area contributed by atoms with Gasteiger partial charge in [0.25, 0.3) is 0 Å². The molecule has 1 rings (SSSR count). The second-order valence-electron chi connectivity index (χ2n) is 5.54. The van der Waals surface area contributed by atoms with Gasteiger partial charge in [0, 0.05) is 18.3 Å². The average Bonchev–Trinajstić information content (AvgIpc) is 2.43. The predicted molar refractivity (Wildman–Crippen MR) is 80.7 cm³/mol. The number of rotatable bonds is 7. The summed E-state index contributed by atoms with van der Waals surface area (Å²) >= 11 is 0. The molecule has 0 aliphatic carbocycles. The molecule has 0 aliphatic rings. The molecule has 0 radical (unpaired) electrons. The van der Waals surface area contributed by atoms with E-state index in [4.69, 9.17) is 9.84 Å². The number of anilines is 1. The maximum absolute atomic E-state index is 11.8. The van der Waals surface area contributed by atoms with Gasteiger partial charge in [0.2, 0.25) is 0 Å². The monoisotopic (exact) mass is 294 g/mol. The molecule has 1 aromatic rings. The molecule has 0 aromatic heterocycles.